The number of carbonyl (C=O) groups is 1. The van der Waals surface area contributed by atoms with Crippen LogP contribution in [-0.2, 0) is 9.53 Å². The molecule has 7 nitrogen and oxygen atoms in total. The molecule has 31 heavy (non-hydrogen) atoms. The lowest BCUT2D eigenvalue weighted by atomic mass is 10.0. The number of aromatic hydroxyl groups is 1. The fourth-order valence-corrected chi connectivity index (χ4v) is 3.69. The standard InChI is InChI=1S/C24H19N3O4/c1-2-13-30-24(29)21-22(14-7-9-15(28)10-8-14)31-23-17-6-4-12-26-19(17)18-16(20(23)27-21)5-3-11-25-18/h3-12,22,28H,2,13H2,1H3. The molecule has 7 heteroatoms. The van der Waals surface area contributed by atoms with Gasteiger partial charge in [0.25, 0.3) is 0 Å². The first-order valence-corrected chi connectivity index (χ1v) is 10.0. The Morgan fingerprint density at radius 1 is 1.03 bits per heavy atom. The number of nitrogens with zero attached hydrogens (tertiary/aromatic N) is 3. The Morgan fingerprint density at radius 2 is 1.71 bits per heavy atom. The number of phenols is 1. The van der Waals surface area contributed by atoms with Crippen LogP contribution in [0.3, 0.4) is 0 Å². The molecule has 1 atom stereocenters. The molecule has 1 aliphatic heterocycles. The van der Waals surface area contributed by atoms with E-state index in [-0.39, 0.29) is 18.1 Å². The predicted octanol–water partition coefficient (Wildman–Crippen LogP) is 4.65. The zero-order valence-corrected chi connectivity index (χ0v) is 16.8. The predicted molar refractivity (Wildman–Crippen MR) is 117 cm³/mol. The van der Waals surface area contributed by atoms with Crippen LogP contribution < -0.4 is 4.74 Å². The smallest absolute Gasteiger partial charge is 0.356 e. The Labute approximate surface area is 178 Å². The molecule has 1 unspecified atom stereocenters. The summed E-state index contributed by atoms with van der Waals surface area (Å²) in [5.74, 6) is 0.126. The van der Waals surface area contributed by atoms with Gasteiger partial charge in [-0.05, 0) is 48.4 Å². The molecule has 0 saturated heterocycles. The van der Waals surface area contributed by atoms with Crippen molar-refractivity contribution in [2.75, 3.05) is 6.61 Å². The first-order chi connectivity index (χ1) is 15.2. The third kappa shape index (κ3) is 3.24. The van der Waals surface area contributed by atoms with Gasteiger partial charge in [-0.25, -0.2) is 9.79 Å². The molecule has 0 saturated carbocycles. The second-order valence-corrected chi connectivity index (χ2v) is 7.20. The number of aromatic nitrogens is 2. The Kier molecular flexibility index (Phi) is 4.71. The second-order valence-electron chi connectivity index (χ2n) is 7.20. The Balaban J connectivity index is 1.77. The van der Waals surface area contributed by atoms with Crippen molar-refractivity contribution in [1.82, 2.24) is 9.97 Å². The van der Waals surface area contributed by atoms with Crippen LogP contribution in [0.2, 0.25) is 0 Å². The van der Waals surface area contributed by atoms with E-state index in [1.54, 1.807) is 36.7 Å². The molecule has 1 aliphatic rings. The third-order valence-corrected chi connectivity index (χ3v) is 5.11. The number of phenolic OH excluding ortho intramolecular Hbond substituents is 1. The lowest BCUT2D eigenvalue weighted by molar-refractivity contribution is -0.136. The lowest BCUT2D eigenvalue weighted by Gasteiger charge is -2.27. The SMILES string of the molecule is CCCOC(=O)C1=Nc2c(c3cccnc3c3ncccc23)OC1c1ccc(O)cc1. The summed E-state index contributed by atoms with van der Waals surface area (Å²) in [7, 11) is 0. The number of esters is 1. The van der Waals surface area contributed by atoms with Crippen molar-refractivity contribution >= 4 is 39.2 Å². The molecule has 154 valence electrons. The minimum absolute atomic E-state index is 0.124. The van der Waals surface area contributed by atoms with Gasteiger partial charge in [-0.1, -0.05) is 19.1 Å². The highest BCUT2D eigenvalue weighted by Gasteiger charge is 2.34. The summed E-state index contributed by atoms with van der Waals surface area (Å²) in [6.07, 6.45) is 3.32. The van der Waals surface area contributed by atoms with Gasteiger partial charge in [0, 0.05) is 23.2 Å². The van der Waals surface area contributed by atoms with Crippen LogP contribution in [0, 0.1) is 0 Å². The van der Waals surface area contributed by atoms with E-state index in [1.807, 2.05) is 31.2 Å². The number of fused-ring (bicyclic) bond motifs is 6. The molecule has 2 aromatic heterocycles. The number of rotatable bonds is 4. The fourth-order valence-electron chi connectivity index (χ4n) is 3.69. The van der Waals surface area contributed by atoms with Gasteiger partial charge < -0.3 is 14.6 Å². The van der Waals surface area contributed by atoms with Crippen LogP contribution in [0.15, 0.2) is 65.9 Å². The van der Waals surface area contributed by atoms with E-state index in [0.29, 0.717) is 34.5 Å². The van der Waals surface area contributed by atoms with Crippen LogP contribution >= 0.6 is 0 Å². The molecule has 5 rings (SSSR count). The summed E-state index contributed by atoms with van der Waals surface area (Å²) in [5, 5.41) is 11.2. The van der Waals surface area contributed by atoms with Gasteiger partial charge in [-0.3, -0.25) is 9.97 Å². The maximum Gasteiger partial charge on any atom is 0.356 e. The van der Waals surface area contributed by atoms with Crippen molar-refractivity contribution in [3.8, 4) is 11.5 Å². The maximum absolute atomic E-state index is 12.9. The highest BCUT2D eigenvalue weighted by Crippen LogP contribution is 2.47. The zero-order chi connectivity index (χ0) is 21.4. The van der Waals surface area contributed by atoms with Crippen LogP contribution in [0.5, 0.6) is 11.5 Å². The Bertz CT molecular complexity index is 1330. The van der Waals surface area contributed by atoms with Crippen LogP contribution in [0.25, 0.3) is 21.8 Å². The number of carbonyl (C=O) groups excluding carboxylic acids is 1. The normalized spacial score (nSPS) is 15.3. The average Bonchev–Trinajstić information content (AvgIpc) is 2.82. The summed E-state index contributed by atoms with van der Waals surface area (Å²) in [6, 6.07) is 13.9. The number of pyridine rings is 2. The average molecular weight is 413 g/mol. The number of hydrogen-bond acceptors (Lipinski definition) is 7. The third-order valence-electron chi connectivity index (χ3n) is 5.11. The zero-order valence-electron chi connectivity index (χ0n) is 16.8. The quantitative estimate of drug-likeness (QED) is 0.387. The minimum Gasteiger partial charge on any atom is -0.508 e. The summed E-state index contributed by atoms with van der Waals surface area (Å²) in [6.45, 7) is 2.22. The van der Waals surface area contributed by atoms with Crippen molar-refractivity contribution < 1.29 is 19.4 Å². The van der Waals surface area contributed by atoms with Gasteiger partial charge in [0.1, 0.15) is 17.0 Å². The van der Waals surface area contributed by atoms with E-state index in [2.05, 4.69) is 9.97 Å². The van der Waals surface area contributed by atoms with E-state index in [9.17, 15) is 9.90 Å². The van der Waals surface area contributed by atoms with Crippen molar-refractivity contribution in [1.29, 1.82) is 0 Å². The van der Waals surface area contributed by atoms with Crippen molar-refractivity contribution in [3.05, 3.63) is 66.5 Å². The Morgan fingerprint density at radius 3 is 2.42 bits per heavy atom. The first kappa shape index (κ1) is 19.0. The van der Waals surface area contributed by atoms with Gasteiger partial charge in [-0.2, -0.15) is 0 Å². The minimum atomic E-state index is -0.782. The molecule has 3 heterocycles. The fraction of sp³-hybridized carbons (Fsp3) is 0.167. The number of benzene rings is 2. The number of hydrogen-bond donors (Lipinski definition) is 1. The Hall–Kier alpha value is -4.00. The van der Waals surface area contributed by atoms with Crippen molar-refractivity contribution in [3.63, 3.8) is 0 Å². The lowest BCUT2D eigenvalue weighted by Crippen LogP contribution is -2.30. The molecular formula is C24H19N3O4. The van der Waals surface area contributed by atoms with Crippen molar-refractivity contribution in [2.24, 2.45) is 4.99 Å². The maximum atomic E-state index is 12.9. The van der Waals surface area contributed by atoms with E-state index >= 15 is 0 Å². The molecule has 0 amide bonds. The van der Waals surface area contributed by atoms with Crippen molar-refractivity contribution in [2.45, 2.75) is 19.4 Å². The summed E-state index contributed by atoms with van der Waals surface area (Å²) in [5.41, 5.74) is 2.75. The molecule has 0 spiro atoms. The van der Waals surface area contributed by atoms with Crippen LogP contribution in [-0.4, -0.2) is 33.4 Å². The van der Waals surface area contributed by atoms with Gasteiger partial charge in [0.2, 0.25) is 0 Å². The highest BCUT2D eigenvalue weighted by atomic mass is 16.5. The van der Waals surface area contributed by atoms with E-state index in [0.717, 1.165) is 10.8 Å². The number of ether oxygens (including phenoxy) is 2. The van der Waals surface area contributed by atoms with Crippen LogP contribution in [0.4, 0.5) is 5.69 Å². The molecule has 0 fully saturated rings. The van der Waals surface area contributed by atoms with Gasteiger partial charge in [0.15, 0.2) is 17.6 Å². The molecular weight excluding hydrogens is 394 g/mol. The summed E-state index contributed by atoms with van der Waals surface area (Å²) in [4.78, 5) is 26.6. The van der Waals surface area contributed by atoms with Gasteiger partial charge >= 0.3 is 5.97 Å². The highest BCUT2D eigenvalue weighted by molar-refractivity contribution is 6.39. The summed E-state index contributed by atoms with van der Waals surface area (Å²) >= 11 is 0. The molecule has 0 bridgehead atoms. The van der Waals surface area contributed by atoms with Crippen LogP contribution in [0.1, 0.15) is 25.0 Å². The van der Waals surface area contributed by atoms with Gasteiger partial charge in [-0.15, -0.1) is 0 Å². The molecule has 0 aliphatic carbocycles. The summed E-state index contributed by atoms with van der Waals surface area (Å²) < 4.78 is 11.8. The van der Waals surface area contributed by atoms with Gasteiger partial charge in [0.05, 0.1) is 12.1 Å². The largest absolute Gasteiger partial charge is 0.508 e. The van der Waals surface area contributed by atoms with E-state index in [1.165, 1.54) is 0 Å². The molecule has 2 aromatic carbocycles. The monoisotopic (exact) mass is 413 g/mol. The van der Waals surface area contributed by atoms with E-state index in [4.69, 9.17) is 14.5 Å². The first-order valence-electron chi connectivity index (χ1n) is 10.0. The molecule has 0 radical (unpaired) electrons. The van der Waals surface area contributed by atoms with E-state index < -0.39 is 12.1 Å². The topological polar surface area (TPSA) is 93.9 Å². The number of aliphatic imine (C=N–C) groups is 1. The molecule has 4 aromatic rings. The second kappa shape index (κ2) is 7.68. The molecule has 1 N–H and O–H groups in total.